The molecule has 6 nitrogen and oxygen atoms in total. The maximum absolute atomic E-state index is 14.6. The Hall–Kier alpha value is -4.85. The Morgan fingerprint density at radius 1 is 0.686 bits per heavy atom. The number of fused-ring (bicyclic) bond motifs is 1. The van der Waals surface area contributed by atoms with Gasteiger partial charge in [-0.2, -0.15) is 0 Å². The summed E-state index contributed by atoms with van der Waals surface area (Å²) in [4.78, 5) is 20.8. The number of nitrogens with one attached hydrogen (secondary N) is 3. The van der Waals surface area contributed by atoms with Crippen LogP contribution in [0.4, 0.5) is 37.2 Å². The van der Waals surface area contributed by atoms with Gasteiger partial charge in [0, 0.05) is 52.3 Å². The summed E-state index contributed by atoms with van der Waals surface area (Å²) in [6.45, 7) is 0. The molecule has 0 saturated carbocycles. The fourth-order valence-corrected chi connectivity index (χ4v) is 3.58. The number of carbonyl (C=O) groups is 1. The Morgan fingerprint density at radius 3 is 2.20 bits per heavy atom. The molecule has 172 valence electrons. The van der Waals surface area contributed by atoms with Gasteiger partial charge in [-0.15, -0.1) is 0 Å². The van der Waals surface area contributed by atoms with Crippen molar-refractivity contribution in [2.24, 2.45) is 0 Å². The van der Waals surface area contributed by atoms with Gasteiger partial charge in [0.15, 0.2) is 0 Å². The van der Waals surface area contributed by atoms with E-state index in [-0.39, 0.29) is 11.5 Å². The first-order chi connectivity index (χ1) is 17.0. The lowest BCUT2D eigenvalue weighted by atomic mass is 10.1. The molecule has 0 fully saturated rings. The SMILES string of the molecule is O=C(Nc1ccc(Nc2ccncc2)cc1F)c1ccc(Nc2ccnc3ccc(F)cc23)cc1. The summed E-state index contributed by atoms with van der Waals surface area (Å²) in [5.41, 5.74) is 3.81. The molecule has 0 atom stereocenters. The van der Waals surface area contributed by atoms with Gasteiger partial charge < -0.3 is 16.0 Å². The number of aromatic nitrogens is 2. The summed E-state index contributed by atoms with van der Waals surface area (Å²) in [5, 5.41) is 9.53. The smallest absolute Gasteiger partial charge is 0.255 e. The summed E-state index contributed by atoms with van der Waals surface area (Å²) < 4.78 is 28.3. The molecule has 0 spiro atoms. The number of benzene rings is 3. The molecule has 3 aromatic carbocycles. The van der Waals surface area contributed by atoms with E-state index >= 15 is 0 Å². The molecule has 1 amide bonds. The van der Waals surface area contributed by atoms with Gasteiger partial charge in [0.2, 0.25) is 0 Å². The number of carbonyl (C=O) groups excluding carboxylic acids is 1. The van der Waals surface area contributed by atoms with E-state index in [4.69, 9.17) is 0 Å². The van der Waals surface area contributed by atoms with Crippen molar-refractivity contribution in [3.63, 3.8) is 0 Å². The lowest BCUT2D eigenvalue weighted by molar-refractivity contribution is 0.102. The highest BCUT2D eigenvalue weighted by molar-refractivity contribution is 6.04. The molecule has 2 heterocycles. The number of halogens is 2. The molecule has 5 rings (SSSR count). The summed E-state index contributed by atoms with van der Waals surface area (Å²) >= 11 is 0. The van der Waals surface area contributed by atoms with Gasteiger partial charge in [0.05, 0.1) is 11.2 Å². The minimum Gasteiger partial charge on any atom is -0.355 e. The molecular formula is C27H19F2N5O. The number of nitrogens with zero attached hydrogens (tertiary/aromatic N) is 2. The number of pyridine rings is 2. The Morgan fingerprint density at radius 2 is 1.43 bits per heavy atom. The molecule has 0 aliphatic heterocycles. The Labute approximate surface area is 199 Å². The zero-order valence-electron chi connectivity index (χ0n) is 18.3. The highest BCUT2D eigenvalue weighted by Gasteiger charge is 2.11. The third-order valence-corrected chi connectivity index (χ3v) is 5.32. The van der Waals surface area contributed by atoms with Crippen LogP contribution in [0.25, 0.3) is 10.9 Å². The number of amides is 1. The van der Waals surface area contributed by atoms with Crippen LogP contribution >= 0.6 is 0 Å². The second-order valence-corrected chi connectivity index (χ2v) is 7.73. The standard InChI is InChI=1S/C27H19F2N5O/c28-18-3-7-24-22(15-18)25(11-14-31-24)33-19-4-1-17(2-5-19)27(35)34-26-8-6-21(16-23(26)29)32-20-9-12-30-13-10-20/h1-16H,(H,30,32)(H,31,33)(H,34,35). The normalized spacial score (nSPS) is 10.7. The number of rotatable bonds is 6. The van der Waals surface area contributed by atoms with Crippen LogP contribution in [0.1, 0.15) is 10.4 Å². The molecule has 5 aromatic rings. The van der Waals surface area contributed by atoms with Gasteiger partial charge in [0.1, 0.15) is 11.6 Å². The van der Waals surface area contributed by atoms with Gasteiger partial charge in [-0.05, 0) is 78.9 Å². The van der Waals surface area contributed by atoms with Crippen LogP contribution in [0, 0.1) is 11.6 Å². The highest BCUT2D eigenvalue weighted by Crippen LogP contribution is 2.27. The third-order valence-electron chi connectivity index (χ3n) is 5.32. The van der Waals surface area contributed by atoms with Crippen molar-refractivity contribution in [1.29, 1.82) is 0 Å². The molecule has 2 aromatic heterocycles. The van der Waals surface area contributed by atoms with E-state index < -0.39 is 11.7 Å². The van der Waals surface area contributed by atoms with E-state index in [0.29, 0.717) is 33.5 Å². The van der Waals surface area contributed by atoms with Crippen LogP contribution in [-0.4, -0.2) is 15.9 Å². The molecule has 0 bridgehead atoms. The lowest BCUT2D eigenvalue weighted by Gasteiger charge is -2.11. The average Bonchev–Trinajstić information content (AvgIpc) is 2.87. The van der Waals surface area contributed by atoms with Crippen molar-refractivity contribution in [2.75, 3.05) is 16.0 Å². The molecule has 35 heavy (non-hydrogen) atoms. The average molecular weight is 467 g/mol. The number of hydrogen-bond acceptors (Lipinski definition) is 5. The maximum atomic E-state index is 14.6. The summed E-state index contributed by atoms with van der Waals surface area (Å²) in [5.74, 6) is -1.36. The highest BCUT2D eigenvalue weighted by atomic mass is 19.1. The van der Waals surface area contributed by atoms with Crippen LogP contribution in [0.5, 0.6) is 0 Å². The van der Waals surface area contributed by atoms with E-state index in [1.165, 1.54) is 24.3 Å². The largest absolute Gasteiger partial charge is 0.355 e. The first-order valence-corrected chi connectivity index (χ1v) is 10.7. The van der Waals surface area contributed by atoms with E-state index in [1.807, 2.05) is 0 Å². The van der Waals surface area contributed by atoms with Gasteiger partial charge in [0.25, 0.3) is 5.91 Å². The zero-order chi connectivity index (χ0) is 24.2. The van der Waals surface area contributed by atoms with Gasteiger partial charge in [-0.3, -0.25) is 14.8 Å². The van der Waals surface area contributed by atoms with Crippen molar-refractivity contribution in [3.05, 3.63) is 115 Å². The Kier molecular flexibility index (Phi) is 6.00. The maximum Gasteiger partial charge on any atom is 0.255 e. The molecular weight excluding hydrogens is 448 g/mol. The number of hydrogen-bond donors (Lipinski definition) is 3. The Bertz CT molecular complexity index is 1510. The topological polar surface area (TPSA) is 78.9 Å². The van der Waals surface area contributed by atoms with E-state index in [0.717, 1.165) is 5.69 Å². The van der Waals surface area contributed by atoms with Gasteiger partial charge in [-0.1, -0.05) is 0 Å². The van der Waals surface area contributed by atoms with Crippen molar-refractivity contribution in [1.82, 2.24) is 9.97 Å². The van der Waals surface area contributed by atoms with Crippen LogP contribution < -0.4 is 16.0 Å². The molecule has 8 heteroatoms. The second kappa shape index (κ2) is 9.56. The molecule has 0 saturated heterocycles. The van der Waals surface area contributed by atoms with Crippen molar-refractivity contribution in [2.45, 2.75) is 0 Å². The zero-order valence-corrected chi connectivity index (χ0v) is 18.3. The molecule has 0 aliphatic carbocycles. The fraction of sp³-hybridized carbons (Fsp3) is 0. The monoisotopic (exact) mass is 467 g/mol. The van der Waals surface area contributed by atoms with Crippen LogP contribution in [0.3, 0.4) is 0 Å². The fourth-order valence-electron chi connectivity index (χ4n) is 3.58. The molecule has 0 radical (unpaired) electrons. The summed E-state index contributed by atoms with van der Waals surface area (Å²) in [7, 11) is 0. The lowest BCUT2D eigenvalue weighted by Crippen LogP contribution is -2.13. The predicted molar refractivity (Wildman–Crippen MR) is 133 cm³/mol. The Balaban J connectivity index is 1.27. The summed E-state index contributed by atoms with van der Waals surface area (Å²) in [6, 6.07) is 20.8. The second-order valence-electron chi connectivity index (χ2n) is 7.73. The van der Waals surface area contributed by atoms with Crippen molar-refractivity contribution < 1.29 is 13.6 Å². The quantitative estimate of drug-likeness (QED) is 0.261. The van der Waals surface area contributed by atoms with Gasteiger partial charge >= 0.3 is 0 Å². The van der Waals surface area contributed by atoms with E-state index in [1.54, 1.807) is 73.2 Å². The molecule has 0 unspecified atom stereocenters. The van der Waals surface area contributed by atoms with Crippen molar-refractivity contribution in [3.8, 4) is 0 Å². The first kappa shape index (κ1) is 22.0. The molecule has 0 aliphatic rings. The number of anilines is 5. The van der Waals surface area contributed by atoms with E-state index in [9.17, 15) is 13.6 Å². The predicted octanol–water partition coefficient (Wildman–Crippen LogP) is 6.65. The van der Waals surface area contributed by atoms with Gasteiger partial charge in [-0.25, -0.2) is 8.78 Å². The van der Waals surface area contributed by atoms with Crippen LogP contribution in [0.2, 0.25) is 0 Å². The van der Waals surface area contributed by atoms with E-state index in [2.05, 4.69) is 25.9 Å². The summed E-state index contributed by atoms with van der Waals surface area (Å²) in [6.07, 6.45) is 4.90. The van der Waals surface area contributed by atoms with Crippen LogP contribution in [-0.2, 0) is 0 Å². The minimum atomic E-state index is -0.563. The van der Waals surface area contributed by atoms with Crippen molar-refractivity contribution >= 4 is 45.2 Å². The minimum absolute atomic E-state index is 0.0720. The third kappa shape index (κ3) is 5.06. The molecule has 3 N–H and O–H groups in total. The van der Waals surface area contributed by atoms with Crippen LogP contribution in [0.15, 0.2) is 97.5 Å². The first-order valence-electron chi connectivity index (χ1n) is 10.7.